The highest BCUT2D eigenvalue weighted by Crippen LogP contribution is 2.41. The van der Waals surface area contributed by atoms with Gasteiger partial charge in [-0.25, -0.2) is 4.79 Å². The molecule has 1 atom stereocenters. The first-order valence-corrected chi connectivity index (χ1v) is 8.02. The number of ether oxygens (including phenoxy) is 3. The van der Waals surface area contributed by atoms with E-state index < -0.39 is 11.8 Å². The molecule has 110 valence electrons. The normalized spacial score (nSPS) is 14.7. The van der Waals surface area contributed by atoms with Crippen molar-refractivity contribution in [2.24, 2.45) is 0 Å². The maximum atomic E-state index is 11.6. The standard InChI is InChI=1S/C13H15O4P.C2H6/c1-8(18-4)12(14)15-9-5-6-10-11(7-9)17-13(2,3)16-10;1-2/h5-7,18H,1H2,2-4H3;1-2H3. The summed E-state index contributed by atoms with van der Waals surface area (Å²) in [5.41, 5.74) is 0. The molecule has 5 heteroatoms. The molecule has 0 saturated carbocycles. The van der Waals surface area contributed by atoms with Gasteiger partial charge in [0.1, 0.15) is 5.75 Å². The predicted molar refractivity (Wildman–Crippen MR) is 82.1 cm³/mol. The van der Waals surface area contributed by atoms with Crippen molar-refractivity contribution < 1.29 is 19.0 Å². The lowest BCUT2D eigenvalue weighted by atomic mass is 10.3. The van der Waals surface area contributed by atoms with Gasteiger partial charge in [0.05, 0.1) is 5.31 Å². The molecule has 0 N–H and O–H groups in total. The number of carbonyl (C=O) groups is 1. The Morgan fingerprint density at radius 3 is 2.45 bits per heavy atom. The van der Waals surface area contributed by atoms with E-state index >= 15 is 0 Å². The molecule has 20 heavy (non-hydrogen) atoms. The quantitative estimate of drug-likeness (QED) is 0.367. The van der Waals surface area contributed by atoms with Crippen molar-refractivity contribution in [1.82, 2.24) is 0 Å². The van der Waals surface area contributed by atoms with Gasteiger partial charge in [-0.15, -0.1) is 0 Å². The summed E-state index contributed by atoms with van der Waals surface area (Å²) in [6, 6.07) is 5.05. The zero-order chi connectivity index (χ0) is 15.3. The van der Waals surface area contributed by atoms with Crippen molar-refractivity contribution in [3.05, 3.63) is 30.1 Å². The Morgan fingerprint density at radius 1 is 1.25 bits per heavy atom. The minimum absolute atomic E-state index is 0.337. The SMILES string of the molecule is C=C(PC)C(=O)Oc1ccc2c(c1)OC(C)(C)O2.CC. The average Bonchev–Trinajstić information content (AvgIpc) is 2.73. The van der Waals surface area contributed by atoms with E-state index in [1.54, 1.807) is 18.2 Å². The predicted octanol–water partition coefficient (Wildman–Crippen LogP) is 3.95. The van der Waals surface area contributed by atoms with E-state index in [0.29, 0.717) is 31.1 Å². The molecule has 0 aromatic heterocycles. The summed E-state index contributed by atoms with van der Waals surface area (Å²) >= 11 is 0. The number of carbonyl (C=O) groups excluding carboxylic acids is 1. The fraction of sp³-hybridized carbons (Fsp3) is 0.400. The molecule has 2 rings (SSSR count). The van der Waals surface area contributed by atoms with Crippen molar-refractivity contribution in [3.8, 4) is 17.2 Å². The molecule has 0 saturated heterocycles. The van der Waals surface area contributed by atoms with E-state index in [0.717, 1.165) is 0 Å². The van der Waals surface area contributed by atoms with E-state index in [2.05, 4.69) is 6.58 Å². The third kappa shape index (κ3) is 3.97. The van der Waals surface area contributed by atoms with Crippen molar-refractivity contribution in [2.45, 2.75) is 33.5 Å². The van der Waals surface area contributed by atoms with Gasteiger partial charge in [0.15, 0.2) is 11.5 Å². The molecule has 4 nitrogen and oxygen atoms in total. The summed E-state index contributed by atoms with van der Waals surface area (Å²) in [6.07, 6.45) is 0. The second kappa shape index (κ2) is 6.76. The fourth-order valence-electron chi connectivity index (χ4n) is 1.54. The first kappa shape index (κ1) is 16.5. The van der Waals surface area contributed by atoms with Crippen LogP contribution in [-0.4, -0.2) is 18.4 Å². The summed E-state index contributed by atoms with van der Waals surface area (Å²) in [5, 5.41) is 0.466. The Bertz CT molecular complexity index is 509. The van der Waals surface area contributed by atoms with Gasteiger partial charge in [-0.1, -0.05) is 29.0 Å². The number of esters is 1. The van der Waals surface area contributed by atoms with Gasteiger partial charge in [-0.3, -0.25) is 0 Å². The average molecular weight is 296 g/mol. The third-order valence-corrected chi connectivity index (χ3v) is 3.19. The number of hydrogen-bond donors (Lipinski definition) is 0. The molecular formula is C15H21O4P. The molecule has 0 fully saturated rings. The Labute approximate surface area is 121 Å². The molecule has 1 aromatic rings. The van der Waals surface area contributed by atoms with Crippen LogP contribution in [0.1, 0.15) is 27.7 Å². The Hall–Kier alpha value is -1.54. The van der Waals surface area contributed by atoms with Crippen LogP contribution in [0.5, 0.6) is 17.2 Å². The summed E-state index contributed by atoms with van der Waals surface area (Å²) in [5.74, 6) is 0.568. The lowest BCUT2D eigenvalue weighted by molar-refractivity contribution is -0.129. The fourth-order valence-corrected chi connectivity index (χ4v) is 1.79. The van der Waals surface area contributed by atoms with Crippen LogP contribution in [0.3, 0.4) is 0 Å². The molecule has 1 aliphatic heterocycles. The molecular weight excluding hydrogens is 275 g/mol. The van der Waals surface area contributed by atoms with Crippen LogP contribution in [-0.2, 0) is 4.79 Å². The summed E-state index contributed by atoms with van der Waals surface area (Å²) in [4.78, 5) is 11.6. The molecule has 0 amide bonds. The minimum Gasteiger partial charge on any atom is -0.449 e. The van der Waals surface area contributed by atoms with Crippen LogP contribution in [0.15, 0.2) is 30.1 Å². The second-order valence-electron chi connectivity index (χ2n) is 4.33. The Morgan fingerprint density at radius 2 is 1.85 bits per heavy atom. The largest absolute Gasteiger partial charge is 0.449 e. The van der Waals surface area contributed by atoms with Crippen LogP contribution in [0.4, 0.5) is 0 Å². The zero-order valence-electron chi connectivity index (χ0n) is 12.6. The van der Waals surface area contributed by atoms with Crippen molar-refractivity contribution in [2.75, 3.05) is 6.66 Å². The molecule has 1 heterocycles. The molecule has 0 spiro atoms. The van der Waals surface area contributed by atoms with E-state index in [1.807, 2.05) is 34.4 Å². The maximum absolute atomic E-state index is 11.6. The van der Waals surface area contributed by atoms with Gasteiger partial charge in [-0.05, 0) is 18.8 Å². The van der Waals surface area contributed by atoms with E-state index in [1.165, 1.54) is 0 Å². The third-order valence-electron chi connectivity index (χ3n) is 2.39. The first-order chi connectivity index (χ1) is 9.41. The van der Waals surface area contributed by atoms with Crippen LogP contribution in [0.25, 0.3) is 0 Å². The number of fused-ring (bicyclic) bond motifs is 1. The molecule has 0 bridgehead atoms. The van der Waals surface area contributed by atoms with Gasteiger partial charge >= 0.3 is 5.97 Å². The Kier molecular flexibility index (Phi) is 5.58. The van der Waals surface area contributed by atoms with Crippen LogP contribution in [0, 0.1) is 0 Å². The molecule has 1 unspecified atom stereocenters. The maximum Gasteiger partial charge on any atom is 0.343 e. The van der Waals surface area contributed by atoms with Crippen molar-refractivity contribution >= 4 is 14.6 Å². The van der Waals surface area contributed by atoms with Gasteiger partial charge in [0.25, 0.3) is 0 Å². The lowest BCUT2D eigenvalue weighted by Gasteiger charge is -2.16. The van der Waals surface area contributed by atoms with Gasteiger partial charge in [0, 0.05) is 19.9 Å². The number of rotatable bonds is 3. The van der Waals surface area contributed by atoms with Crippen LogP contribution < -0.4 is 14.2 Å². The van der Waals surface area contributed by atoms with Gasteiger partial charge in [0.2, 0.25) is 5.79 Å². The lowest BCUT2D eigenvalue weighted by Crippen LogP contribution is -2.29. The minimum atomic E-state index is -0.681. The van der Waals surface area contributed by atoms with Crippen LogP contribution in [0.2, 0.25) is 0 Å². The smallest absolute Gasteiger partial charge is 0.343 e. The van der Waals surface area contributed by atoms with E-state index in [9.17, 15) is 4.79 Å². The second-order valence-corrected chi connectivity index (χ2v) is 5.43. The van der Waals surface area contributed by atoms with E-state index in [4.69, 9.17) is 14.2 Å². The van der Waals surface area contributed by atoms with Gasteiger partial charge in [-0.2, -0.15) is 0 Å². The molecule has 0 radical (unpaired) electrons. The monoisotopic (exact) mass is 296 g/mol. The summed E-state index contributed by atoms with van der Waals surface area (Å²) in [6.45, 7) is 13.2. The molecule has 1 aliphatic rings. The number of benzene rings is 1. The zero-order valence-corrected chi connectivity index (χ0v) is 13.6. The topological polar surface area (TPSA) is 44.8 Å². The van der Waals surface area contributed by atoms with Gasteiger partial charge < -0.3 is 14.2 Å². The van der Waals surface area contributed by atoms with Crippen molar-refractivity contribution in [1.29, 1.82) is 0 Å². The van der Waals surface area contributed by atoms with Crippen molar-refractivity contribution in [3.63, 3.8) is 0 Å². The first-order valence-electron chi connectivity index (χ1n) is 6.52. The Balaban J connectivity index is 0.000000956. The highest BCUT2D eigenvalue weighted by atomic mass is 31.1. The highest BCUT2D eigenvalue weighted by molar-refractivity contribution is 7.43. The van der Waals surface area contributed by atoms with E-state index in [-0.39, 0.29) is 0 Å². The van der Waals surface area contributed by atoms with Crippen LogP contribution >= 0.6 is 8.58 Å². The molecule has 1 aromatic carbocycles. The molecule has 0 aliphatic carbocycles. The summed E-state index contributed by atoms with van der Waals surface area (Å²) < 4.78 is 16.3. The highest BCUT2D eigenvalue weighted by Gasteiger charge is 2.31. The summed E-state index contributed by atoms with van der Waals surface area (Å²) in [7, 11) is 0.337. The number of hydrogen-bond acceptors (Lipinski definition) is 4.